The Morgan fingerprint density at radius 1 is 0.882 bits per heavy atom. The molecule has 34 heavy (non-hydrogen) atoms. The number of hydrogen-bond acceptors (Lipinski definition) is 5. The van der Waals surface area contributed by atoms with Crippen molar-refractivity contribution in [3.05, 3.63) is 95.1 Å². The first kappa shape index (κ1) is 23.1. The number of Topliss-reactive ketones (excluding diaryl/α,β-unsaturated/α-hetero) is 1. The number of hydrogen-bond donors (Lipinski definition) is 1. The predicted molar refractivity (Wildman–Crippen MR) is 131 cm³/mol. The second-order valence-corrected chi connectivity index (χ2v) is 8.36. The van der Waals surface area contributed by atoms with Gasteiger partial charge in [0, 0.05) is 5.56 Å². The van der Waals surface area contributed by atoms with Crippen molar-refractivity contribution >= 4 is 23.1 Å². The van der Waals surface area contributed by atoms with Gasteiger partial charge >= 0.3 is 0 Å². The normalized spacial score (nSPS) is 17.3. The summed E-state index contributed by atoms with van der Waals surface area (Å²) in [7, 11) is 3.10. The predicted octanol–water partition coefficient (Wildman–Crippen LogP) is 5.45. The molecule has 3 aromatic carbocycles. The number of carbonyl (C=O) groups excluding carboxylic acids is 2. The van der Waals surface area contributed by atoms with Crippen molar-refractivity contribution in [1.82, 2.24) is 0 Å². The number of aliphatic hydroxyl groups is 1. The van der Waals surface area contributed by atoms with Gasteiger partial charge in [0.25, 0.3) is 11.7 Å². The minimum absolute atomic E-state index is 0.0296. The summed E-state index contributed by atoms with van der Waals surface area (Å²) in [5.74, 6) is -0.424. The summed E-state index contributed by atoms with van der Waals surface area (Å²) in [6, 6.07) is 20.7. The van der Waals surface area contributed by atoms with Crippen LogP contribution in [0.15, 0.2) is 78.4 Å². The van der Waals surface area contributed by atoms with Gasteiger partial charge in [0.15, 0.2) is 0 Å². The summed E-state index contributed by atoms with van der Waals surface area (Å²) in [5, 5.41) is 11.4. The van der Waals surface area contributed by atoms with E-state index in [1.807, 2.05) is 44.2 Å². The molecule has 0 radical (unpaired) electrons. The fourth-order valence-electron chi connectivity index (χ4n) is 4.35. The van der Waals surface area contributed by atoms with Crippen LogP contribution < -0.4 is 14.4 Å². The van der Waals surface area contributed by atoms with E-state index in [9.17, 15) is 14.7 Å². The van der Waals surface area contributed by atoms with E-state index >= 15 is 0 Å². The first-order valence-corrected chi connectivity index (χ1v) is 11.1. The minimum atomic E-state index is -0.817. The fraction of sp³-hybridized carbons (Fsp3) is 0.214. The summed E-state index contributed by atoms with van der Waals surface area (Å²) in [4.78, 5) is 28.1. The number of rotatable bonds is 6. The van der Waals surface area contributed by atoms with E-state index in [1.165, 1.54) is 12.0 Å². The largest absolute Gasteiger partial charge is 0.507 e. The molecule has 1 saturated heterocycles. The number of methoxy groups -OCH3 is 2. The molecule has 1 unspecified atom stereocenters. The second-order valence-electron chi connectivity index (χ2n) is 8.36. The molecule has 6 nitrogen and oxygen atoms in total. The zero-order valence-electron chi connectivity index (χ0n) is 19.6. The van der Waals surface area contributed by atoms with Gasteiger partial charge in [-0.25, -0.2) is 0 Å². The van der Waals surface area contributed by atoms with Crippen molar-refractivity contribution < 1.29 is 24.2 Å². The SMILES string of the molecule is COc1ccc(/C(O)=C2/C(=O)C(=O)N(c3ccccc3OC)C2c2ccccc2)cc1C(C)C. The minimum Gasteiger partial charge on any atom is -0.507 e. The van der Waals surface area contributed by atoms with E-state index in [0.717, 1.165) is 5.56 Å². The first-order valence-electron chi connectivity index (χ1n) is 11.1. The molecule has 0 saturated carbocycles. The van der Waals surface area contributed by atoms with E-state index in [-0.39, 0.29) is 17.3 Å². The van der Waals surface area contributed by atoms with Crippen molar-refractivity contribution in [1.29, 1.82) is 0 Å². The van der Waals surface area contributed by atoms with E-state index in [4.69, 9.17) is 9.47 Å². The lowest BCUT2D eigenvalue weighted by Gasteiger charge is -2.26. The van der Waals surface area contributed by atoms with Gasteiger partial charge in [0.05, 0.1) is 31.5 Å². The van der Waals surface area contributed by atoms with Gasteiger partial charge in [-0.15, -0.1) is 0 Å². The molecule has 4 rings (SSSR count). The molecule has 0 spiro atoms. The fourth-order valence-corrected chi connectivity index (χ4v) is 4.35. The number of amides is 1. The van der Waals surface area contributed by atoms with Gasteiger partial charge < -0.3 is 14.6 Å². The Morgan fingerprint density at radius 3 is 2.18 bits per heavy atom. The van der Waals surface area contributed by atoms with Crippen LogP contribution >= 0.6 is 0 Å². The summed E-state index contributed by atoms with van der Waals surface area (Å²) >= 11 is 0. The van der Waals surface area contributed by atoms with Gasteiger partial charge in [0.2, 0.25) is 0 Å². The highest BCUT2D eigenvalue weighted by Crippen LogP contribution is 2.45. The molecule has 1 N–H and O–H groups in total. The lowest BCUT2D eigenvalue weighted by Crippen LogP contribution is -2.29. The Balaban J connectivity index is 1.96. The molecule has 1 heterocycles. The van der Waals surface area contributed by atoms with Crippen molar-refractivity contribution in [2.45, 2.75) is 25.8 Å². The molecule has 1 atom stereocenters. The molecule has 0 aliphatic carbocycles. The van der Waals surface area contributed by atoms with Crippen LogP contribution in [0.1, 0.15) is 42.5 Å². The summed E-state index contributed by atoms with van der Waals surface area (Å²) in [6.07, 6.45) is 0. The quantitative estimate of drug-likeness (QED) is 0.302. The molecular formula is C28H27NO5. The summed E-state index contributed by atoms with van der Waals surface area (Å²) in [6.45, 7) is 4.04. The number of ether oxygens (including phenoxy) is 2. The second kappa shape index (κ2) is 9.43. The third-order valence-electron chi connectivity index (χ3n) is 6.03. The van der Waals surface area contributed by atoms with E-state index in [2.05, 4.69) is 0 Å². The van der Waals surface area contributed by atoms with Gasteiger partial charge in [-0.1, -0.05) is 56.3 Å². The molecule has 0 aromatic heterocycles. The highest BCUT2D eigenvalue weighted by molar-refractivity contribution is 6.51. The van der Waals surface area contributed by atoms with Crippen LogP contribution in [0, 0.1) is 0 Å². The number of benzene rings is 3. The Labute approximate surface area is 199 Å². The van der Waals surface area contributed by atoms with E-state index in [0.29, 0.717) is 28.3 Å². The van der Waals surface area contributed by atoms with Crippen molar-refractivity contribution in [2.24, 2.45) is 0 Å². The summed E-state index contributed by atoms with van der Waals surface area (Å²) < 4.78 is 10.9. The van der Waals surface area contributed by atoms with Gasteiger partial charge in [-0.2, -0.15) is 0 Å². The van der Waals surface area contributed by atoms with Crippen LogP contribution in [0.3, 0.4) is 0 Å². The van der Waals surface area contributed by atoms with Crippen LogP contribution in [-0.2, 0) is 9.59 Å². The van der Waals surface area contributed by atoms with Crippen LogP contribution in [0.25, 0.3) is 5.76 Å². The third-order valence-corrected chi connectivity index (χ3v) is 6.03. The lowest BCUT2D eigenvalue weighted by atomic mass is 9.93. The molecular weight excluding hydrogens is 430 g/mol. The number of ketones is 1. The maximum absolute atomic E-state index is 13.4. The Hall–Kier alpha value is -4.06. The van der Waals surface area contributed by atoms with Crippen LogP contribution in [0.4, 0.5) is 5.69 Å². The highest BCUT2D eigenvalue weighted by atomic mass is 16.5. The van der Waals surface area contributed by atoms with Crippen LogP contribution in [-0.4, -0.2) is 31.0 Å². The van der Waals surface area contributed by atoms with E-state index in [1.54, 1.807) is 49.6 Å². The van der Waals surface area contributed by atoms with Gasteiger partial charge in [-0.3, -0.25) is 14.5 Å². The Kier molecular flexibility index (Phi) is 6.41. The number of anilines is 1. The third kappa shape index (κ3) is 3.92. The smallest absolute Gasteiger partial charge is 0.300 e. The van der Waals surface area contributed by atoms with Crippen molar-refractivity contribution in [3.63, 3.8) is 0 Å². The zero-order chi connectivity index (χ0) is 24.4. The number of para-hydroxylation sites is 2. The van der Waals surface area contributed by atoms with E-state index < -0.39 is 17.7 Å². The average molecular weight is 458 g/mol. The Bertz CT molecular complexity index is 1260. The molecule has 174 valence electrons. The molecule has 1 fully saturated rings. The number of carbonyl (C=O) groups is 2. The molecule has 1 amide bonds. The molecule has 3 aromatic rings. The molecule has 0 bridgehead atoms. The van der Waals surface area contributed by atoms with Crippen molar-refractivity contribution in [2.75, 3.05) is 19.1 Å². The van der Waals surface area contributed by atoms with Crippen LogP contribution in [0.2, 0.25) is 0 Å². The lowest BCUT2D eigenvalue weighted by molar-refractivity contribution is -0.132. The monoisotopic (exact) mass is 457 g/mol. The molecule has 1 aliphatic heterocycles. The maximum atomic E-state index is 13.4. The van der Waals surface area contributed by atoms with Gasteiger partial charge in [-0.05, 0) is 47.4 Å². The standard InChI is InChI=1S/C28H27NO5/c1-17(2)20-16-19(14-15-22(20)33-3)26(30)24-25(18-10-6-5-7-11-18)29(28(32)27(24)31)21-12-8-9-13-23(21)34-4/h5-17,25,30H,1-4H3/b26-24-. The average Bonchev–Trinajstić information content (AvgIpc) is 3.13. The summed E-state index contributed by atoms with van der Waals surface area (Å²) in [5.41, 5.74) is 2.52. The maximum Gasteiger partial charge on any atom is 0.300 e. The molecule has 1 aliphatic rings. The van der Waals surface area contributed by atoms with Gasteiger partial charge in [0.1, 0.15) is 17.3 Å². The molecule has 6 heteroatoms. The van der Waals surface area contributed by atoms with Crippen LogP contribution in [0.5, 0.6) is 11.5 Å². The van der Waals surface area contributed by atoms with Crippen molar-refractivity contribution in [3.8, 4) is 11.5 Å². The number of aliphatic hydroxyl groups excluding tert-OH is 1. The first-order chi connectivity index (χ1) is 16.4. The number of nitrogens with zero attached hydrogens (tertiary/aromatic N) is 1. The zero-order valence-corrected chi connectivity index (χ0v) is 19.6. The Morgan fingerprint density at radius 2 is 1.53 bits per heavy atom. The topological polar surface area (TPSA) is 76.1 Å². The highest BCUT2D eigenvalue weighted by Gasteiger charge is 2.47.